The van der Waals surface area contributed by atoms with Crippen molar-refractivity contribution in [2.24, 2.45) is 0 Å². The Morgan fingerprint density at radius 3 is 2.73 bits per heavy atom. The molecule has 0 unspecified atom stereocenters. The zero-order chi connectivity index (χ0) is 10.9. The third kappa shape index (κ3) is 1.88. The molecule has 1 nitrogen and oxygen atoms in total. The zero-order valence-electron chi connectivity index (χ0n) is 10.1. The quantitative estimate of drug-likeness (QED) is 0.709. The van der Waals surface area contributed by atoms with Crippen LogP contribution in [-0.4, -0.2) is 12.1 Å². The highest BCUT2D eigenvalue weighted by Crippen LogP contribution is 2.33. The summed E-state index contributed by atoms with van der Waals surface area (Å²) >= 11 is 0. The average Bonchev–Trinajstić information content (AvgIpc) is 2.28. The maximum Gasteiger partial charge on any atom is 0.0403 e. The number of hydrogen-bond donors (Lipinski definition) is 0. The highest BCUT2D eigenvalue weighted by Gasteiger charge is 2.28. The Kier molecular flexibility index (Phi) is 2.72. The molecule has 0 fully saturated rings. The highest BCUT2D eigenvalue weighted by atomic mass is 15.2. The summed E-state index contributed by atoms with van der Waals surface area (Å²) < 4.78 is 0. The van der Waals surface area contributed by atoms with Crippen LogP contribution in [0, 0.1) is 0 Å². The topological polar surface area (TPSA) is 3.24 Å². The molecule has 0 atom stereocenters. The van der Waals surface area contributed by atoms with Crippen molar-refractivity contribution in [1.82, 2.24) is 0 Å². The minimum absolute atomic E-state index is 0.288. The van der Waals surface area contributed by atoms with Gasteiger partial charge in [-0.3, -0.25) is 0 Å². The van der Waals surface area contributed by atoms with Gasteiger partial charge in [0.05, 0.1) is 0 Å². The van der Waals surface area contributed by atoms with E-state index >= 15 is 0 Å². The number of fused-ring (bicyclic) bond motifs is 1. The van der Waals surface area contributed by atoms with Gasteiger partial charge in [0, 0.05) is 17.8 Å². The molecule has 0 spiro atoms. The molecule has 0 amide bonds. The predicted molar refractivity (Wildman–Crippen MR) is 66.5 cm³/mol. The van der Waals surface area contributed by atoms with Crippen LogP contribution in [0.25, 0.3) is 0 Å². The Hall–Kier alpha value is -0.980. The molecule has 0 aliphatic carbocycles. The number of rotatable bonds is 2. The second-order valence-electron chi connectivity index (χ2n) is 5.05. The van der Waals surface area contributed by atoms with Crippen molar-refractivity contribution in [2.75, 3.05) is 11.4 Å². The molecule has 1 aliphatic rings. The number of anilines is 1. The summed E-state index contributed by atoms with van der Waals surface area (Å²) in [6.45, 7) is 8.17. The van der Waals surface area contributed by atoms with E-state index in [4.69, 9.17) is 0 Å². The molecule has 1 aliphatic heterocycles. The van der Waals surface area contributed by atoms with Gasteiger partial charge in [-0.05, 0) is 44.7 Å². The van der Waals surface area contributed by atoms with Gasteiger partial charge >= 0.3 is 0 Å². The van der Waals surface area contributed by atoms with Crippen LogP contribution in [0.5, 0.6) is 0 Å². The first kappa shape index (κ1) is 10.5. The summed E-state index contributed by atoms with van der Waals surface area (Å²) in [5.74, 6) is 0. The third-order valence-corrected chi connectivity index (χ3v) is 3.71. The Balaban J connectivity index is 2.38. The molecular weight excluding hydrogens is 182 g/mol. The van der Waals surface area contributed by atoms with Gasteiger partial charge in [-0.25, -0.2) is 0 Å². The van der Waals surface area contributed by atoms with Crippen LogP contribution in [-0.2, 0) is 6.42 Å². The summed E-state index contributed by atoms with van der Waals surface area (Å²) in [5, 5.41) is 0. The lowest BCUT2D eigenvalue weighted by atomic mass is 9.92. The maximum absolute atomic E-state index is 2.58. The first-order valence-corrected chi connectivity index (χ1v) is 6.01. The van der Waals surface area contributed by atoms with Gasteiger partial charge in [-0.15, -0.1) is 0 Å². The van der Waals surface area contributed by atoms with Gasteiger partial charge < -0.3 is 4.90 Å². The molecular formula is C14H21N. The summed E-state index contributed by atoms with van der Waals surface area (Å²) in [5.41, 5.74) is 3.26. The number of aryl methyl sites for hydroxylation is 1. The van der Waals surface area contributed by atoms with Crippen LogP contribution in [0.15, 0.2) is 24.3 Å². The van der Waals surface area contributed by atoms with Crippen molar-refractivity contribution in [3.8, 4) is 0 Å². The molecule has 0 radical (unpaired) electrons. The van der Waals surface area contributed by atoms with E-state index in [9.17, 15) is 0 Å². The fourth-order valence-electron chi connectivity index (χ4n) is 2.35. The van der Waals surface area contributed by atoms with Gasteiger partial charge in [-0.1, -0.05) is 25.1 Å². The van der Waals surface area contributed by atoms with Crippen LogP contribution in [0.3, 0.4) is 0 Å². The number of para-hydroxylation sites is 1. The van der Waals surface area contributed by atoms with E-state index in [-0.39, 0.29) is 5.54 Å². The molecule has 15 heavy (non-hydrogen) atoms. The smallest absolute Gasteiger partial charge is 0.0403 e. The molecule has 2 rings (SSSR count). The fraction of sp³-hybridized carbons (Fsp3) is 0.571. The van der Waals surface area contributed by atoms with Crippen molar-refractivity contribution in [3.05, 3.63) is 29.8 Å². The van der Waals surface area contributed by atoms with E-state index < -0.39 is 0 Å². The predicted octanol–water partition coefficient (Wildman–Crippen LogP) is 3.63. The van der Waals surface area contributed by atoms with Gasteiger partial charge in [0.25, 0.3) is 0 Å². The minimum Gasteiger partial charge on any atom is -0.366 e. The van der Waals surface area contributed by atoms with E-state index in [1.165, 1.54) is 37.1 Å². The van der Waals surface area contributed by atoms with E-state index in [0.29, 0.717) is 0 Å². The molecule has 1 aromatic rings. The summed E-state index contributed by atoms with van der Waals surface area (Å²) in [7, 11) is 0. The molecule has 82 valence electrons. The largest absolute Gasteiger partial charge is 0.366 e. The van der Waals surface area contributed by atoms with Crippen LogP contribution in [0.1, 0.15) is 39.2 Å². The molecule has 1 heteroatoms. The second-order valence-corrected chi connectivity index (χ2v) is 5.05. The van der Waals surface area contributed by atoms with E-state index in [1.54, 1.807) is 0 Å². The lowest BCUT2D eigenvalue weighted by molar-refractivity contribution is 0.431. The van der Waals surface area contributed by atoms with E-state index in [0.717, 1.165) is 0 Å². The standard InChI is InChI=1S/C14H21N/c1-4-14(2,3)15-11-7-9-12-8-5-6-10-13(12)15/h5-6,8,10H,4,7,9,11H2,1-3H3. The van der Waals surface area contributed by atoms with Gasteiger partial charge in [0.1, 0.15) is 0 Å². The third-order valence-electron chi connectivity index (χ3n) is 3.71. The van der Waals surface area contributed by atoms with Gasteiger partial charge in [-0.2, -0.15) is 0 Å². The maximum atomic E-state index is 2.58. The average molecular weight is 203 g/mol. The molecule has 0 bridgehead atoms. The second kappa shape index (κ2) is 3.88. The van der Waals surface area contributed by atoms with Crippen LogP contribution >= 0.6 is 0 Å². The number of nitrogens with zero attached hydrogens (tertiary/aromatic N) is 1. The Labute approximate surface area is 93.1 Å². The van der Waals surface area contributed by atoms with Crippen molar-refractivity contribution in [1.29, 1.82) is 0 Å². The van der Waals surface area contributed by atoms with Crippen molar-refractivity contribution in [2.45, 2.75) is 45.6 Å². The first-order chi connectivity index (χ1) is 7.15. The van der Waals surface area contributed by atoms with Crippen LogP contribution in [0.4, 0.5) is 5.69 Å². The van der Waals surface area contributed by atoms with Crippen molar-refractivity contribution in [3.63, 3.8) is 0 Å². The molecule has 0 saturated carbocycles. The van der Waals surface area contributed by atoms with Gasteiger partial charge in [0.2, 0.25) is 0 Å². The SMILES string of the molecule is CCC(C)(C)N1CCCc2ccccc21. The molecule has 0 N–H and O–H groups in total. The van der Waals surface area contributed by atoms with Crippen molar-refractivity contribution >= 4 is 5.69 Å². The van der Waals surface area contributed by atoms with Crippen LogP contribution in [0.2, 0.25) is 0 Å². The monoisotopic (exact) mass is 203 g/mol. The summed E-state index contributed by atoms with van der Waals surface area (Å²) in [6, 6.07) is 8.85. The van der Waals surface area contributed by atoms with E-state index in [1.807, 2.05) is 0 Å². The summed E-state index contributed by atoms with van der Waals surface area (Å²) in [4.78, 5) is 2.58. The van der Waals surface area contributed by atoms with Gasteiger partial charge in [0.15, 0.2) is 0 Å². The van der Waals surface area contributed by atoms with Crippen molar-refractivity contribution < 1.29 is 0 Å². The number of hydrogen-bond acceptors (Lipinski definition) is 1. The highest BCUT2D eigenvalue weighted by molar-refractivity contribution is 5.57. The van der Waals surface area contributed by atoms with E-state index in [2.05, 4.69) is 49.9 Å². The Morgan fingerprint density at radius 1 is 1.27 bits per heavy atom. The molecule has 1 heterocycles. The fourth-order valence-corrected chi connectivity index (χ4v) is 2.35. The lowest BCUT2D eigenvalue weighted by Gasteiger charge is -2.43. The lowest BCUT2D eigenvalue weighted by Crippen LogP contribution is -2.46. The summed E-state index contributed by atoms with van der Waals surface area (Å²) in [6.07, 6.45) is 3.73. The first-order valence-electron chi connectivity index (χ1n) is 6.01. The minimum atomic E-state index is 0.288. The normalized spacial score (nSPS) is 16.3. The molecule has 0 aromatic heterocycles. The van der Waals surface area contributed by atoms with Crippen LogP contribution < -0.4 is 4.90 Å². The molecule has 1 aromatic carbocycles. The molecule has 0 saturated heterocycles. The Morgan fingerprint density at radius 2 is 2.00 bits per heavy atom. The Bertz CT molecular complexity index is 341. The number of benzene rings is 1. The zero-order valence-corrected chi connectivity index (χ0v) is 10.1.